The van der Waals surface area contributed by atoms with E-state index in [9.17, 15) is 4.79 Å². The highest BCUT2D eigenvalue weighted by Gasteiger charge is 2.35. The highest BCUT2D eigenvalue weighted by molar-refractivity contribution is 5.98. The van der Waals surface area contributed by atoms with Gasteiger partial charge in [-0.15, -0.1) is 0 Å². The third-order valence-corrected chi connectivity index (χ3v) is 5.03. The molecule has 0 bridgehead atoms. The fourth-order valence-corrected chi connectivity index (χ4v) is 4.04. The van der Waals surface area contributed by atoms with Crippen LogP contribution < -0.4 is 0 Å². The highest BCUT2D eigenvalue weighted by Crippen LogP contribution is 2.38. The Balaban J connectivity index is 1.72. The van der Waals surface area contributed by atoms with Gasteiger partial charge in [-0.3, -0.25) is 4.79 Å². The van der Waals surface area contributed by atoms with Gasteiger partial charge in [0, 0.05) is 29.9 Å². The molecular weight excluding hydrogens is 258 g/mol. The van der Waals surface area contributed by atoms with Crippen LogP contribution in [0.4, 0.5) is 0 Å². The van der Waals surface area contributed by atoms with Crippen LogP contribution in [0.3, 0.4) is 0 Å². The van der Waals surface area contributed by atoms with Crippen molar-refractivity contribution in [3.8, 4) is 0 Å². The lowest BCUT2D eigenvalue weighted by Crippen LogP contribution is -2.28. The summed E-state index contributed by atoms with van der Waals surface area (Å²) in [5, 5.41) is 0. The quantitative estimate of drug-likeness (QED) is 0.774. The maximum absolute atomic E-state index is 12.3. The Morgan fingerprint density at radius 2 is 1.71 bits per heavy atom. The van der Waals surface area contributed by atoms with Crippen molar-refractivity contribution in [2.24, 2.45) is 5.41 Å². The van der Waals surface area contributed by atoms with E-state index >= 15 is 0 Å². The van der Waals surface area contributed by atoms with Crippen molar-refractivity contribution in [2.45, 2.75) is 45.6 Å². The molecule has 1 aromatic carbocycles. The second-order valence-corrected chi connectivity index (χ2v) is 7.36. The van der Waals surface area contributed by atoms with Gasteiger partial charge in [-0.05, 0) is 41.9 Å². The van der Waals surface area contributed by atoms with Crippen molar-refractivity contribution in [1.82, 2.24) is 4.57 Å². The lowest BCUT2D eigenvalue weighted by Gasteiger charge is -2.31. The summed E-state index contributed by atoms with van der Waals surface area (Å²) in [6, 6.07) is 11.2. The molecule has 0 unspecified atom stereocenters. The largest absolute Gasteiger partial charge is 0.347 e. The molecule has 4 rings (SSSR count). The van der Waals surface area contributed by atoms with Gasteiger partial charge < -0.3 is 4.57 Å². The monoisotopic (exact) mass is 279 g/mol. The van der Waals surface area contributed by atoms with Crippen molar-refractivity contribution in [3.05, 3.63) is 58.9 Å². The number of nitrogens with zero attached hydrogens (tertiary/aromatic N) is 1. The van der Waals surface area contributed by atoms with Gasteiger partial charge in [0.05, 0.1) is 0 Å². The third-order valence-electron chi connectivity index (χ3n) is 5.03. The Hall–Kier alpha value is -1.83. The molecular formula is C19H21NO. The number of hydrogen-bond donors (Lipinski definition) is 0. The molecule has 0 amide bonds. The minimum Gasteiger partial charge on any atom is -0.347 e. The Kier molecular flexibility index (Phi) is 2.66. The number of ketones is 1. The van der Waals surface area contributed by atoms with Gasteiger partial charge in [0.25, 0.3) is 0 Å². The molecule has 2 aromatic rings. The minimum atomic E-state index is 0.0889. The summed E-state index contributed by atoms with van der Waals surface area (Å²) < 4.78 is 2.38. The maximum atomic E-state index is 12.3. The molecule has 0 saturated carbocycles. The number of rotatable bonds is 1. The zero-order chi connectivity index (χ0) is 14.6. The average molecular weight is 279 g/mol. The normalized spacial score (nSPS) is 20.4. The van der Waals surface area contributed by atoms with Crippen LogP contribution in [0.1, 0.15) is 53.5 Å². The summed E-state index contributed by atoms with van der Waals surface area (Å²) in [6.07, 6.45) is 6.00. The van der Waals surface area contributed by atoms with Crippen molar-refractivity contribution in [1.29, 1.82) is 0 Å². The van der Waals surface area contributed by atoms with Gasteiger partial charge in [0.15, 0.2) is 5.78 Å². The fraction of sp³-hybridized carbons (Fsp3) is 0.421. The molecule has 0 N–H and O–H groups in total. The maximum Gasteiger partial charge on any atom is 0.165 e. The predicted molar refractivity (Wildman–Crippen MR) is 83.8 cm³/mol. The highest BCUT2D eigenvalue weighted by atomic mass is 16.1. The number of hydrogen-bond acceptors (Lipinski definition) is 1. The molecule has 2 nitrogen and oxygen atoms in total. The van der Waals surface area contributed by atoms with Crippen molar-refractivity contribution >= 4 is 5.78 Å². The first-order chi connectivity index (χ1) is 10.0. The average Bonchev–Trinajstić information content (AvgIpc) is 2.99. The molecule has 0 saturated heterocycles. The van der Waals surface area contributed by atoms with Crippen molar-refractivity contribution in [3.63, 3.8) is 0 Å². The van der Waals surface area contributed by atoms with Crippen LogP contribution in [0.2, 0.25) is 0 Å². The van der Waals surface area contributed by atoms with E-state index in [1.54, 1.807) is 0 Å². The number of aromatic nitrogens is 1. The number of fused-ring (bicyclic) bond motifs is 2. The van der Waals surface area contributed by atoms with E-state index in [-0.39, 0.29) is 5.41 Å². The molecule has 108 valence electrons. The summed E-state index contributed by atoms with van der Waals surface area (Å²) in [5.41, 5.74) is 5.24. The summed E-state index contributed by atoms with van der Waals surface area (Å²) in [5.74, 6) is 0.315. The van der Waals surface area contributed by atoms with E-state index in [2.05, 4.69) is 48.9 Å². The molecule has 0 atom stereocenters. The summed E-state index contributed by atoms with van der Waals surface area (Å²) in [6.45, 7) is 4.41. The van der Waals surface area contributed by atoms with E-state index in [1.807, 2.05) is 6.07 Å². The second-order valence-electron chi connectivity index (χ2n) is 7.36. The lowest BCUT2D eigenvalue weighted by molar-refractivity contribution is 0.0909. The van der Waals surface area contributed by atoms with Gasteiger partial charge in [-0.1, -0.05) is 38.1 Å². The van der Waals surface area contributed by atoms with Crippen molar-refractivity contribution < 1.29 is 4.79 Å². The molecule has 1 heterocycles. The summed E-state index contributed by atoms with van der Waals surface area (Å²) in [7, 11) is 0. The SMILES string of the molecule is CC1(C)CC(=O)c2ccn(C3Cc4ccccc4C3)c2C1. The van der Waals surface area contributed by atoms with Crippen LogP contribution in [0.15, 0.2) is 36.5 Å². The first-order valence-corrected chi connectivity index (χ1v) is 7.83. The number of carbonyl (C=O) groups is 1. The van der Waals surface area contributed by atoms with E-state index < -0.39 is 0 Å². The molecule has 2 aliphatic rings. The van der Waals surface area contributed by atoms with Crippen LogP contribution in [-0.4, -0.2) is 10.4 Å². The Labute approximate surface area is 125 Å². The van der Waals surface area contributed by atoms with Gasteiger partial charge in [-0.25, -0.2) is 0 Å². The van der Waals surface area contributed by atoms with Crippen LogP contribution in [0, 0.1) is 5.41 Å². The smallest absolute Gasteiger partial charge is 0.165 e. The first-order valence-electron chi connectivity index (χ1n) is 7.83. The van der Waals surface area contributed by atoms with Crippen LogP contribution in [0.25, 0.3) is 0 Å². The zero-order valence-corrected chi connectivity index (χ0v) is 12.7. The number of Topliss-reactive ketones (excluding diaryl/α,β-unsaturated/α-hetero) is 1. The topological polar surface area (TPSA) is 22.0 Å². The fourth-order valence-electron chi connectivity index (χ4n) is 4.04. The van der Waals surface area contributed by atoms with E-state index in [1.165, 1.54) is 16.8 Å². The predicted octanol–water partition coefficient (Wildman–Crippen LogP) is 3.98. The molecule has 2 heteroatoms. The van der Waals surface area contributed by atoms with E-state index in [0.29, 0.717) is 18.2 Å². The summed E-state index contributed by atoms with van der Waals surface area (Å²) >= 11 is 0. The molecule has 2 aliphatic carbocycles. The molecule has 0 aliphatic heterocycles. The summed E-state index contributed by atoms with van der Waals surface area (Å²) in [4.78, 5) is 12.3. The van der Waals surface area contributed by atoms with Crippen LogP contribution in [-0.2, 0) is 19.3 Å². The van der Waals surface area contributed by atoms with Crippen molar-refractivity contribution in [2.75, 3.05) is 0 Å². The molecule has 21 heavy (non-hydrogen) atoms. The van der Waals surface area contributed by atoms with Crippen LogP contribution in [0.5, 0.6) is 0 Å². The van der Waals surface area contributed by atoms with Crippen LogP contribution >= 0.6 is 0 Å². The molecule has 0 fully saturated rings. The Morgan fingerprint density at radius 1 is 1.05 bits per heavy atom. The Bertz CT molecular complexity index is 698. The molecule has 0 spiro atoms. The molecule has 1 aromatic heterocycles. The zero-order valence-electron chi connectivity index (χ0n) is 12.7. The number of benzene rings is 1. The van der Waals surface area contributed by atoms with E-state index in [4.69, 9.17) is 0 Å². The minimum absolute atomic E-state index is 0.0889. The third kappa shape index (κ3) is 2.05. The van der Waals surface area contributed by atoms with Gasteiger partial charge in [0.1, 0.15) is 0 Å². The van der Waals surface area contributed by atoms with Gasteiger partial charge in [-0.2, -0.15) is 0 Å². The molecule has 0 radical (unpaired) electrons. The number of carbonyl (C=O) groups excluding carboxylic acids is 1. The standard InChI is InChI=1S/C19H21NO/c1-19(2)11-17-16(18(21)12-19)7-8-20(17)15-9-13-5-3-4-6-14(13)10-15/h3-8,15H,9-12H2,1-2H3. The Morgan fingerprint density at radius 3 is 2.38 bits per heavy atom. The van der Waals surface area contributed by atoms with Gasteiger partial charge in [0.2, 0.25) is 0 Å². The second kappa shape index (κ2) is 4.33. The lowest BCUT2D eigenvalue weighted by atomic mass is 9.76. The van der Waals surface area contributed by atoms with Gasteiger partial charge >= 0.3 is 0 Å². The first kappa shape index (κ1) is 12.9. The van der Waals surface area contributed by atoms with E-state index in [0.717, 1.165) is 24.8 Å².